The summed E-state index contributed by atoms with van der Waals surface area (Å²) in [6.45, 7) is 6.76. The lowest BCUT2D eigenvalue weighted by Crippen LogP contribution is -2.23. The van der Waals surface area contributed by atoms with Crippen LogP contribution in [-0.2, 0) is 0 Å². The topological polar surface area (TPSA) is 0 Å². The van der Waals surface area contributed by atoms with Crippen LogP contribution in [0, 0.1) is 0 Å². The van der Waals surface area contributed by atoms with Crippen LogP contribution >= 0.6 is 11.1 Å². The molecule has 0 aromatic carbocycles. The molecule has 0 bridgehead atoms. The summed E-state index contributed by atoms with van der Waals surface area (Å²) >= 11 is 6.53. The zero-order valence-electron chi connectivity index (χ0n) is 8.83. The van der Waals surface area contributed by atoms with Gasteiger partial charge in [-0.2, -0.15) is 11.1 Å². The van der Waals surface area contributed by atoms with Crippen LogP contribution in [0.1, 0.15) is 46.5 Å². The highest BCUT2D eigenvalue weighted by molar-refractivity contribution is 7.20. The van der Waals surface area contributed by atoms with E-state index in [0.717, 1.165) is 0 Å². The van der Waals surface area contributed by atoms with Crippen LogP contribution in [0.4, 0.5) is 0 Å². The number of hydrogen-bond donors (Lipinski definition) is 0. The van der Waals surface area contributed by atoms with Crippen molar-refractivity contribution in [3.05, 3.63) is 0 Å². The molecule has 0 saturated carbocycles. The van der Waals surface area contributed by atoms with Crippen molar-refractivity contribution in [1.29, 1.82) is 0 Å². The zero-order chi connectivity index (χ0) is 9.45. The standard InChI is InChI=1S/C10H23ClSi/c1-4-7-8-9-10-12(11,5-2)6-3/h4-10H2,1-3H3. The molecule has 0 fully saturated rings. The minimum atomic E-state index is -1.28. The van der Waals surface area contributed by atoms with Gasteiger partial charge in [0.25, 0.3) is 0 Å². The van der Waals surface area contributed by atoms with Crippen molar-refractivity contribution in [2.75, 3.05) is 0 Å². The Kier molecular flexibility index (Phi) is 7.26. The Morgan fingerprint density at radius 2 is 1.50 bits per heavy atom. The van der Waals surface area contributed by atoms with E-state index in [1.165, 1.54) is 43.8 Å². The number of unbranched alkanes of at least 4 members (excludes halogenated alkanes) is 3. The first kappa shape index (κ1) is 12.5. The second-order valence-electron chi connectivity index (χ2n) is 3.67. The lowest BCUT2D eigenvalue weighted by molar-refractivity contribution is 0.696. The molecule has 0 aromatic heterocycles. The van der Waals surface area contributed by atoms with Crippen molar-refractivity contribution in [3.8, 4) is 0 Å². The monoisotopic (exact) mass is 206 g/mol. The Morgan fingerprint density at radius 1 is 0.917 bits per heavy atom. The molecule has 0 heterocycles. The van der Waals surface area contributed by atoms with E-state index in [4.69, 9.17) is 11.1 Å². The number of hydrogen-bond acceptors (Lipinski definition) is 0. The molecule has 0 nitrogen and oxygen atoms in total. The average Bonchev–Trinajstić information content (AvgIpc) is 2.12. The molecular formula is C10H23ClSi. The predicted octanol–water partition coefficient (Wildman–Crippen LogP) is 4.79. The van der Waals surface area contributed by atoms with E-state index >= 15 is 0 Å². The van der Waals surface area contributed by atoms with Gasteiger partial charge in [0, 0.05) is 0 Å². The van der Waals surface area contributed by atoms with Gasteiger partial charge in [0.15, 0.2) is 7.38 Å². The molecule has 0 rings (SSSR count). The van der Waals surface area contributed by atoms with Crippen LogP contribution < -0.4 is 0 Å². The molecule has 0 spiro atoms. The van der Waals surface area contributed by atoms with Gasteiger partial charge in [-0.3, -0.25) is 0 Å². The largest absolute Gasteiger partial charge is 0.167 e. The molecule has 0 aliphatic rings. The van der Waals surface area contributed by atoms with Crippen molar-refractivity contribution < 1.29 is 0 Å². The Bertz CT molecular complexity index is 100. The average molecular weight is 207 g/mol. The SMILES string of the molecule is CCCCCC[Si](Cl)(CC)CC. The fourth-order valence-electron chi connectivity index (χ4n) is 1.47. The lowest BCUT2D eigenvalue weighted by Gasteiger charge is -2.20. The number of rotatable bonds is 7. The third-order valence-electron chi connectivity index (χ3n) is 2.75. The fourth-order valence-corrected chi connectivity index (χ4v) is 3.96. The van der Waals surface area contributed by atoms with E-state index in [2.05, 4.69) is 20.8 Å². The summed E-state index contributed by atoms with van der Waals surface area (Å²) in [4.78, 5) is 0. The summed E-state index contributed by atoms with van der Waals surface area (Å²) < 4.78 is 0. The molecule has 0 unspecified atom stereocenters. The first-order valence-corrected chi connectivity index (χ1v) is 9.00. The zero-order valence-corrected chi connectivity index (χ0v) is 10.6. The summed E-state index contributed by atoms with van der Waals surface area (Å²) in [5, 5.41) is 0. The third-order valence-corrected chi connectivity index (χ3v) is 8.70. The van der Waals surface area contributed by atoms with Crippen LogP contribution in [0.15, 0.2) is 0 Å². The van der Waals surface area contributed by atoms with Crippen LogP contribution in [0.5, 0.6) is 0 Å². The second kappa shape index (κ2) is 6.96. The Balaban J connectivity index is 3.45. The first-order valence-electron chi connectivity index (χ1n) is 5.37. The van der Waals surface area contributed by atoms with Crippen molar-refractivity contribution in [1.82, 2.24) is 0 Å². The summed E-state index contributed by atoms with van der Waals surface area (Å²) in [6.07, 6.45) is 5.47. The molecule has 0 aliphatic carbocycles. The quantitative estimate of drug-likeness (QED) is 0.319. The smallest absolute Gasteiger partial charge is 0.156 e. The summed E-state index contributed by atoms with van der Waals surface area (Å²) in [6, 6.07) is 3.83. The van der Waals surface area contributed by atoms with Gasteiger partial charge in [-0.05, 0) is 18.1 Å². The first-order chi connectivity index (χ1) is 5.68. The maximum Gasteiger partial charge on any atom is 0.156 e. The van der Waals surface area contributed by atoms with E-state index < -0.39 is 7.38 Å². The van der Waals surface area contributed by atoms with Crippen LogP contribution in [0.3, 0.4) is 0 Å². The summed E-state index contributed by atoms with van der Waals surface area (Å²) in [5.74, 6) is 0. The molecule has 0 radical (unpaired) electrons. The molecule has 74 valence electrons. The van der Waals surface area contributed by atoms with E-state index in [1.54, 1.807) is 0 Å². The van der Waals surface area contributed by atoms with Gasteiger partial charge in [0.05, 0.1) is 0 Å². The van der Waals surface area contributed by atoms with Gasteiger partial charge < -0.3 is 0 Å². The Labute approximate surface area is 83.4 Å². The molecular weight excluding hydrogens is 184 g/mol. The van der Waals surface area contributed by atoms with Crippen LogP contribution in [0.25, 0.3) is 0 Å². The molecule has 0 aromatic rings. The van der Waals surface area contributed by atoms with E-state index in [0.29, 0.717) is 0 Å². The van der Waals surface area contributed by atoms with E-state index in [-0.39, 0.29) is 0 Å². The molecule has 2 heteroatoms. The van der Waals surface area contributed by atoms with Crippen molar-refractivity contribution in [2.45, 2.75) is 64.6 Å². The van der Waals surface area contributed by atoms with Gasteiger partial charge in [0.2, 0.25) is 0 Å². The van der Waals surface area contributed by atoms with Crippen LogP contribution in [-0.4, -0.2) is 7.38 Å². The molecule has 0 amide bonds. The predicted molar refractivity (Wildman–Crippen MR) is 61.5 cm³/mol. The second-order valence-corrected chi connectivity index (χ2v) is 10.3. The van der Waals surface area contributed by atoms with Gasteiger partial charge >= 0.3 is 0 Å². The highest BCUT2D eigenvalue weighted by Gasteiger charge is 2.24. The molecule has 0 atom stereocenters. The third kappa shape index (κ3) is 5.21. The van der Waals surface area contributed by atoms with Crippen molar-refractivity contribution in [2.24, 2.45) is 0 Å². The van der Waals surface area contributed by atoms with Gasteiger partial charge in [-0.15, -0.1) is 0 Å². The minimum absolute atomic E-state index is 1.25. The molecule has 0 N–H and O–H groups in total. The van der Waals surface area contributed by atoms with Crippen LogP contribution in [0.2, 0.25) is 18.1 Å². The van der Waals surface area contributed by atoms with Gasteiger partial charge in [-0.1, -0.05) is 46.5 Å². The van der Waals surface area contributed by atoms with Crippen molar-refractivity contribution >= 4 is 18.5 Å². The fraction of sp³-hybridized carbons (Fsp3) is 1.00. The maximum absolute atomic E-state index is 6.53. The summed E-state index contributed by atoms with van der Waals surface area (Å²) in [7, 11) is -1.28. The van der Waals surface area contributed by atoms with Gasteiger partial charge in [-0.25, -0.2) is 0 Å². The maximum atomic E-state index is 6.53. The lowest BCUT2D eigenvalue weighted by atomic mass is 10.2. The molecule has 0 aliphatic heterocycles. The van der Waals surface area contributed by atoms with Gasteiger partial charge in [0.1, 0.15) is 0 Å². The highest BCUT2D eigenvalue weighted by atomic mass is 35.6. The minimum Gasteiger partial charge on any atom is -0.167 e. The van der Waals surface area contributed by atoms with E-state index in [9.17, 15) is 0 Å². The van der Waals surface area contributed by atoms with Crippen molar-refractivity contribution in [3.63, 3.8) is 0 Å². The highest BCUT2D eigenvalue weighted by Crippen LogP contribution is 2.27. The normalized spacial score (nSPS) is 12.0. The van der Waals surface area contributed by atoms with E-state index in [1.807, 2.05) is 0 Å². The Hall–Kier alpha value is 0.507. The number of halogens is 1. The Morgan fingerprint density at radius 3 is 1.92 bits per heavy atom. The summed E-state index contributed by atoms with van der Waals surface area (Å²) in [5.41, 5.74) is 0. The molecule has 12 heavy (non-hydrogen) atoms. The molecule has 0 saturated heterocycles.